The number of ether oxygens (including phenoxy) is 1. The lowest BCUT2D eigenvalue weighted by molar-refractivity contribution is -0.223. The first kappa shape index (κ1) is 23.1. The number of halogens is 5. The van der Waals surface area contributed by atoms with E-state index < -0.39 is 23.8 Å². The van der Waals surface area contributed by atoms with Crippen molar-refractivity contribution in [1.29, 1.82) is 0 Å². The fourth-order valence-electron chi connectivity index (χ4n) is 4.70. The molecule has 0 bridgehead atoms. The van der Waals surface area contributed by atoms with Gasteiger partial charge in [-0.15, -0.1) is 0 Å². The standard InChI is InChI=1S/C24H31F5O/c1-2-17-3-5-18(6-4-17)7-8-19-9-11-21(12-10-19)24(28,29)30-22-15-13-20(14-16-22)23(25,26)27/h7-8,13-19,21H,2-6,9-12H2,1H3/b8-7+. The fraction of sp³-hybridized carbons (Fsp3) is 0.667. The summed E-state index contributed by atoms with van der Waals surface area (Å²) in [6, 6.07) is 3.44. The molecule has 2 aliphatic rings. The Bertz CT molecular complexity index is 679. The molecular formula is C24H31F5O. The molecule has 6 heteroatoms. The molecule has 1 aromatic carbocycles. The maximum Gasteiger partial charge on any atom is 0.416 e. The number of hydrogen-bond donors (Lipinski definition) is 0. The molecule has 30 heavy (non-hydrogen) atoms. The monoisotopic (exact) mass is 430 g/mol. The fourth-order valence-corrected chi connectivity index (χ4v) is 4.70. The third-order valence-corrected chi connectivity index (χ3v) is 6.81. The molecule has 2 fully saturated rings. The Kier molecular flexibility index (Phi) is 7.46. The summed E-state index contributed by atoms with van der Waals surface area (Å²) in [6.45, 7) is 2.25. The first-order valence-corrected chi connectivity index (χ1v) is 11.1. The molecule has 2 aliphatic carbocycles. The van der Waals surface area contributed by atoms with E-state index in [2.05, 4.69) is 19.1 Å². The number of alkyl halides is 5. The molecule has 0 radical (unpaired) electrons. The summed E-state index contributed by atoms with van der Waals surface area (Å²) in [5, 5.41) is 0. The Labute approximate surface area is 175 Å². The Morgan fingerprint density at radius 1 is 0.800 bits per heavy atom. The molecule has 0 unspecified atom stereocenters. The van der Waals surface area contributed by atoms with Gasteiger partial charge in [0.05, 0.1) is 11.5 Å². The first-order valence-electron chi connectivity index (χ1n) is 11.1. The molecule has 0 atom stereocenters. The van der Waals surface area contributed by atoms with Crippen molar-refractivity contribution in [2.24, 2.45) is 23.7 Å². The molecule has 3 rings (SSSR count). The molecule has 168 valence electrons. The molecule has 1 aromatic rings. The van der Waals surface area contributed by atoms with Crippen LogP contribution in [0.1, 0.15) is 70.3 Å². The van der Waals surface area contributed by atoms with Gasteiger partial charge in [-0.2, -0.15) is 22.0 Å². The second-order valence-corrected chi connectivity index (χ2v) is 8.87. The van der Waals surface area contributed by atoms with Gasteiger partial charge in [0, 0.05) is 0 Å². The van der Waals surface area contributed by atoms with Crippen LogP contribution in [0, 0.1) is 23.7 Å². The summed E-state index contributed by atoms with van der Waals surface area (Å²) in [5.41, 5.74) is -0.881. The summed E-state index contributed by atoms with van der Waals surface area (Å²) < 4.78 is 71.7. The Hall–Kier alpha value is -1.59. The zero-order valence-corrected chi connectivity index (χ0v) is 17.4. The topological polar surface area (TPSA) is 9.23 Å². The first-order chi connectivity index (χ1) is 14.2. The Balaban J connectivity index is 1.47. The summed E-state index contributed by atoms with van der Waals surface area (Å²) in [4.78, 5) is 0. The molecule has 0 aromatic heterocycles. The van der Waals surface area contributed by atoms with E-state index in [-0.39, 0.29) is 5.75 Å². The highest BCUT2D eigenvalue weighted by Gasteiger charge is 2.44. The number of hydrogen-bond acceptors (Lipinski definition) is 1. The van der Waals surface area contributed by atoms with Gasteiger partial charge in [-0.1, -0.05) is 25.5 Å². The Morgan fingerprint density at radius 2 is 1.30 bits per heavy atom. The predicted octanol–water partition coefficient (Wildman–Crippen LogP) is 8.26. The average Bonchev–Trinajstić information content (AvgIpc) is 2.72. The van der Waals surface area contributed by atoms with Crippen molar-refractivity contribution in [2.45, 2.75) is 77.0 Å². The molecule has 2 saturated carbocycles. The van der Waals surface area contributed by atoms with E-state index in [4.69, 9.17) is 4.74 Å². The average molecular weight is 431 g/mol. The largest absolute Gasteiger partial charge is 0.432 e. The molecule has 0 N–H and O–H groups in total. The van der Waals surface area contributed by atoms with Crippen LogP contribution >= 0.6 is 0 Å². The number of benzene rings is 1. The number of rotatable bonds is 6. The van der Waals surface area contributed by atoms with E-state index >= 15 is 0 Å². The maximum absolute atomic E-state index is 14.5. The quantitative estimate of drug-likeness (QED) is 0.326. The van der Waals surface area contributed by atoms with Crippen molar-refractivity contribution in [1.82, 2.24) is 0 Å². The lowest BCUT2D eigenvalue weighted by Crippen LogP contribution is -2.37. The van der Waals surface area contributed by atoms with Crippen molar-refractivity contribution < 1.29 is 26.7 Å². The van der Waals surface area contributed by atoms with Gasteiger partial charge in [0.25, 0.3) is 0 Å². The van der Waals surface area contributed by atoms with Gasteiger partial charge in [0.1, 0.15) is 5.75 Å². The highest BCUT2D eigenvalue weighted by Crippen LogP contribution is 2.41. The molecule has 1 nitrogen and oxygen atoms in total. The van der Waals surface area contributed by atoms with Gasteiger partial charge >= 0.3 is 12.3 Å². The minimum Gasteiger partial charge on any atom is -0.432 e. The summed E-state index contributed by atoms with van der Waals surface area (Å²) >= 11 is 0. The van der Waals surface area contributed by atoms with E-state index in [1.807, 2.05) is 0 Å². The van der Waals surface area contributed by atoms with Crippen LogP contribution < -0.4 is 4.74 Å². The van der Waals surface area contributed by atoms with Crippen LogP contribution in [0.3, 0.4) is 0 Å². The third-order valence-electron chi connectivity index (χ3n) is 6.81. The highest BCUT2D eigenvalue weighted by atomic mass is 19.4. The lowest BCUT2D eigenvalue weighted by Gasteiger charge is -2.32. The molecule has 0 saturated heterocycles. The number of allylic oxidation sites excluding steroid dienone is 2. The Morgan fingerprint density at radius 3 is 1.77 bits per heavy atom. The van der Waals surface area contributed by atoms with Gasteiger partial charge in [-0.25, -0.2) is 0 Å². The molecular weight excluding hydrogens is 399 g/mol. The second-order valence-electron chi connectivity index (χ2n) is 8.87. The van der Waals surface area contributed by atoms with Crippen molar-refractivity contribution in [3.8, 4) is 5.75 Å². The van der Waals surface area contributed by atoms with Crippen molar-refractivity contribution in [3.05, 3.63) is 42.0 Å². The van der Waals surface area contributed by atoms with Crippen LogP contribution in [0.2, 0.25) is 0 Å². The van der Waals surface area contributed by atoms with Crippen LogP contribution in [0.25, 0.3) is 0 Å². The van der Waals surface area contributed by atoms with E-state index in [0.29, 0.717) is 37.5 Å². The predicted molar refractivity (Wildman–Crippen MR) is 107 cm³/mol. The zero-order chi connectivity index (χ0) is 21.8. The molecule has 0 amide bonds. The molecule has 0 aliphatic heterocycles. The summed E-state index contributed by atoms with van der Waals surface area (Å²) in [6.07, 6.45) is 5.00. The van der Waals surface area contributed by atoms with Crippen LogP contribution in [0.15, 0.2) is 36.4 Å². The van der Waals surface area contributed by atoms with E-state index in [1.165, 1.54) is 32.1 Å². The minimum absolute atomic E-state index is 0.238. The maximum atomic E-state index is 14.5. The van der Waals surface area contributed by atoms with Crippen molar-refractivity contribution in [2.75, 3.05) is 0 Å². The van der Waals surface area contributed by atoms with Crippen LogP contribution in [-0.4, -0.2) is 6.11 Å². The van der Waals surface area contributed by atoms with Crippen molar-refractivity contribution in [3.63, 3.8) is 0 Å². The summed E-state index contributed by atoms with van der Waals surface area (Å²) in [7, 11) is 0. The lowest BCUT2D eigenvalue weighted by atomic mass is 9.78. The van der Waals surface area contributed by atoms with Gasteiger partial charge < -0.3 is 4.74 Å². The minimum atomic E-state index is -4.50. The normalized spacial score (nSPS) is 28.6. The van der Waals surface area contributed by atoms with Gasteiger partial charge in [-0.3, -0.25) is 0 Å². The van der Waals surface area contributed by atoms with Gasteiger partial charge in [-0.05, 0) is 93.4 Å². The van der Waals surface area contributed by atoms with Crippen molar-refractivity contribution >= 4 is 0 Å². The molecule has 0 spiro atoms. The zero-order valence-electron chi connectivity index (χ0n) is 17.4. The van der Waals surface area contributed by atoms with Crippen LogP contribution in [0.5, 0.6) is 5.75 Å². The SMILES string of the molecule is CCC1CCC(/C=C/C2CCC(C(F)(F)Oc3ccc(C(F)(F)F)cc3)CC2)CC1. The highest BCUT2D eigenvalue weighted by molar-refractivity contribution is 5.29. The molecule has 0 heterocycles. The van der Waals surface area contributed by atoms with Gasteiger partial charge in [0.2, 0.25) is 0 Å². The van der Waals surface area contributed by atoms with E-state index in [9.17, 15) is 22.0 Å². The third kappa shape index (κ3) is 6.21. The van der Waals surface area contributed by atoms with E-state index in [1.54, 1.807) is 0 Å². The van der Waals surface area contributed by atoms with Crippen LogP contribution in [-0.2, 0) is 6.18 Å². The summed E-state index contributed by atoms with van der Waals surface area (Å²) in [5.74, 6) is 0.654. The van der Waals surface area contributed by atoms with Gasteiger partial charge in [0.15, 0.2) is 0 Å². The smallest absolute Gasteiger partial charge is 0.416 e. The van der Waals surface area contributed by atoms with E-state index in [0.717, 1.165) is 30.2 Å². The second kappa shape index (κ2) is 9.69. The van der Waals surface area contributed by atoms with Crippen LogP contribution in [0.4, 0.5) is 22.0 Å².